The van der Waals surface area contributed by atoms with E-state index in [1.165, 1.54) is 40.2 Å². The maximum absolute atomic E-state index is 13.2. The molecule has 1 aliphatic heterocycles. The molecule has 0 bridgehead atoms. The molecule has 1 aliphatic rings. The molecule has 2 unspecified atom stereocenters. The Balaban J connectivity index is 1.95. The van der Waals surface area contributed by atoms with Gasteiger partial charge in [-0.05, 0) is 50.2 Å². The van der Waals surface area contributed by atoms with Crippen LogP contribution in [0, 0.1) is 5.82 Å². The molecule has 0 fully saturated rings. The average Bonchev–Trinajstić information content (AvgIpc) is 2.70. The number of anilines is 1. The first-order valence-electron chi connectivity index (χ1n) is 9.40. The van der Waals surface area contributed by atoms with Gasteiger partial charge in [0.05, 0.1) is 39.3 Å². The zero-order valence-corrected chi connectivity index (χ0v) is 17.5. The minimum Gasteiger partial charge on any atom is -0.399 e. The van der Waals surface area contributed by atoms with E-state index in [1.807, 2.05) is 0 Å². The van der Waals surface area contributed by atoms with Crippen molar-refractivity contribution in [3.05, 3.63) is 75.8 Å². The second-order valence-electron chi connectivity index (χ2n) is 7.35. The molecule has 3 rings (SSSR count). The summed E-state index contributed by atoms with van der Waals surface area (Å²) < 4.78 is 52.8. The Bertz CT molecular complexity index is 1020. The number of benzene rings is 2. The fourth-order valence-corrected chi connectivity index (χ4v) is 4.01. The summed E-state index contributed by atoms with van der Waals surface area (Å²) in [4.78, 5) is 14.5. The van der Waals surface area contributed by atoms with E-state index in [1.54, 1.807) is 13.8 Å². The number of nitrogens with zero attached hydrogens (tertiary/aromatic N) is 2. The highest BCUT2D eigenvalue weighted by atomic mass is 35.5. The summed E-state index contributed by atoms with van der Waals surface area (Å²) in [6.07, 6.45) is -4.44. The molecule has 0 saturated carbocycles. The van der Waals surface area contributed by atoms with Crippen LogP contribution in [0.15, 0.2) is 53.9 Å². The molecule has 0 aliphatic carbocycles. The predicted octanol–water partition coefficient (Wildman–Crippen LogP) is 4.67. The van der Waals surface area contributed by atoms with Gasteiger partial charge in [0.15, 0.2) is 0 Å². The normalized spacial score (nSPS) is 19.5. The predicted molar refractivity (Wildman–Crippen MR) is 110 cm³/mol. The van der Waals surface area contributed by atoms with Crippen molar-refractivity contribution in [3.63, 3.8) is 0 Å². The van der Waals surface area contributed by atoms with E-state index >= 15 is 0 Å². The van der Waals surface area contributed by atoms with Gasteiger partial charge in [-0.2, -0.15) is 13.2 Å². The number of nitrogens with two attached hydrogens (primary N) is 2. The number of amides is 1. The lowest BCUT2D eigenvalue weighted by Gasteiger charge is -2.42. The molecule has 10 heteroatoms. The van der Waals surface area contributed by atoms with Gasteiger partial charge in [-0.1, -0.05) is 17.7 Å². The molecule has 2 aromatic rings. The molecule has 1 heterocycles. The van der Waals surface area contributed by atoms with E-state index in [0.717, 1.165) is 12.1 Å². The molecule has 0 aromatic heterocycles. The van der Waals surface area contributed by atoms with Crippen molar-refractivity contribution in [1.29, 1.82) is 0 Å². The summed E-state index contributed by atoms with van der Waals surface area (Å²) in [6, 6.07) is 7.61. The van der Waals surface area contributed by atoms with Crippen LogP contribution in [0.1, 0.15) is 36.2 Å². The number of rotatable bonds is 3. The van der Waals surface area contributed by atoms with Crippen LogP contribution in [-0.2, 0) is 6.18 Å². The van der Waals surface area contributed by atoms with E-state index in [2.05, 4.69) is 0 Å². The summed E-state index contributed by atoms with van der Waals surface area (Å²) in [5.74, 6) is 5.10. The molecule has 2 atom stereocenters. The topological polar surface area (TPSA) is 75.6 Å². The summed E-state index contributed by atoms with van der Waals surface area (Å²) in [5.41, 5.74) is 6.25. The number of hydrogen-bond donors (Lipinski definition) is 2. The first kappa shape index (κ1) is 22.9. The molecule has 31 heavy (non-hydrogen) atoms. The monoisotopic (exact) mass is 456 g/mol. The number of halogens is 5. The van der Waals surface area contributed by atoms with Gasteiger partial charge >= 0.3 is 6.18 Å². The van der Waals surface area contributed by atoms with Crippen LogP contribution >= 0.6 is 11.6 Å². The Labute approximate surface area is 181 Å². The average molecular weight is 457 g/mol. The Kier molecular flexibility index (Phi) is 6.20. The van der Waals surface area contributed by atoms with Gasteiger partial charge in [0, 0.05) is 12.5 Å². The number of carbonyl (C=O) groups is 1. The minimum absolute atomic E-state index is 0.242. The van der Waals surface area contributed by atoms with Gasteiger partial charge in [0.25, 0.3) is 5.91 Å². The smallest absolute Gasteiger partial charge is 0.399 e. The SMILES string of the molecule is CC1CC(N(N)c2ccc(F)cc2)=C(N)C(C)N1C(=O)c1cccc(C(F)(F)F)c1Cl. The molecule has 4 N–H and O–H groups in total. The first-order valence-corrected chi connectivity index (χ1v) is 9.78. The highest BCUT2D eigenvalue weighted by molar-refractivity contribution is 6.34. The standard InChI is InChI=1S/C21H21ClF4N4O/c1-11-10-17(30(28)14-8-6-13(23)7-9-14)19(27)12(2)29(11)20(31)15-4-3-5-16(18(15)22)21(24,25)26/h3-9,11-12H,10,27-28H2,1-2H3. The van der Waals surface area contributed by atoms with Crippen molar-refractivity contribution >= 4 is 23.2 Å². The van der Waals surface area contributed by atoms with E-state index in [0.29, 0.717) is 11.4 Å². The summed E-state index contributed by atoms with van der Waals surface area (Å²) >= 11 is 5.94. The van der Waals surface area contributed by atoms with Crippen molar-refractivity contribution in [2.45, 2.75) is 38.5 Å². The Morgan fingerprint density at radius 3 is 2.35 bits per heavy atom. The largest absolute Gasteiger partial charge is 0.417 e. The third-order valence-corrected chi connectivity index (χ3v) is 5.74. The molecule has 2 aromatic carbocycles. The van der Waals surface area contributed by atoms with Gasteiger partial charge in [-0.25, -0.2) is 10.2 Å². The Morgan fingerprint density at radius 1 is 1.16 bits per heavy atom. The zero-order valence-electron chi connectivity index (χ0n) is 16.8. The molecule has 166 valence electrons. The molecule has 1 amide bonds. The van der Waals surface area contributed by atoms with E-state index in [9.17, 15) is 22.4 Å². The lowest BCUT2D eigenvalue weighted by molar-refractivity contribution is -0.137. The summed E-state index contributed by atoms with van der Waals surface area (Å²) in [6.45, 7) is 3.39. The molecule has 0 spiro atoms. The summed E-state index contributed by atoms with van der Waals surface area (Å²) in [7, 11) is 0. The lowest BCUT2D eigenvalue weighted by Crippen LogP contribution is -2.53. The highest BCUT2D eigenvalue weighted by Gasteiger charge is 2.39. The number of hydrazine groups is 1. The van der Waals surface area contributed by atoms with E-state index < -0.39 is 40.6 Å². The van der Waals surface area contributed by atoms with Crippen LogP contribution in [0.3, 0.4) is 0 Å². The van der Waals surface area contributed by atoms with Gasteiger partial charge in [-0.3, -0.25) is 9.80 Å². The number of hydrogen-bond acceptors (Lipinski definition) is 4. The number of alkyl halides is 3. The number of carbonyl (C=O) groups excluding carboxylic acids is 1. The van der Waals surface area contributed by atoms with Crippen LogP contribution in [0.25, 0.3) is 0 Å². The molecule has 0 radical (unpaired) electrons. The van der Waals surface area contributed by atoms with Crippen molar-refractivity contribution in [2.75, 3.05) is 5.01 Å². The van der Waals surface area contributed by atoms with Crippen LogP contribution in [0.5, 0.6) is 0 Å². The Morgan fingerprint density at radius 2 is 1.77 bits per heavy atom. The van der Waals surface area contributed by atoms with Crippen LogP contribution < -0.4 is 16.6 Å². The summed E-state index contributed by atoms with van der Waals surface area (Å²) in [5, 5.41) is 0.667. The second kappa shape index (κ2) is 8.39. The maximum Gasteiger partial charge on any atom is 0.417 e. The fraction of sp³-hybridized carbons (Fsp3) is 0.286. The maximum atomic E-state index is 13.2. The van der Waals surface area contributed by atoms with Crippen LogP contribution in [0.2, 0.25) is 5.02 Å². The van der Waals surface area contributed by atoms with Gasteiger partial charge < -0.3 is 10.6 Å². The van der Waals surface area contributed by atoms with E-state index in [4.69, 9.17) is 23.2 Å². The first-order chi connectivity index (χ1) is 14.4. The van der Waals surface area contributed by atoms with Crippen LogP contribution in [-0.4, -0.2) is 22.9 Å². The second-order valence-corrected chi connectivity index (χ2v) is 7.73. The molecule has 0 saturated heterocycles. The fourth-order valence-electron chi connectivity index (χ4n) is 3.69. The van der Waals surface area contributed by atoms with Gasteiger partial charge in [-0.15, -0.1) is 0 Å². The van der Waals surface area contributed by atoms with Crippen molar-refractivity contribution in [1.82, 2.24) is 4.90 Å². The zero-order chi connectivity index (χ0) is 23.1. The highest BCUT2D eigenvalue weighted by Crippen LogP contribution is 2.38. The quantitative estimate of drug-likeness (QED) is 0.400. The molecular weight excluding hydrogens is 436 g/mol. The third-order valence-electron chi connectivity index (χ3n) is 5.33. The molecule has 5 nitrogen and oxygen atoms in total. The van der Waals surface area contributed by atoms with Crippen LogP contribution in [0.4, 0.5) is 23.2 Å². The lowest BCUT2D eigenvalue weighted by atomic mass is 9.96. The van der Waals surface area contributed by atoms with Crippen molar-refractivity contribution < 1.29 is 22.4 Å². The van der Waals surface area contributed by atoms with E-state index in [-0.39, 0.29) is 17.7 Å². The Hall–Kier alpha value is -2.78. The van der Waals surface area contributed by atoms with Crippen molar-refractivity contribution in [3.8, 4) is 0 Å². The molecular formula is C21H21ClF4N4O. The van der Waals surface area contributed by atoms with Gasteiger partial charge in [0.2, 0.25) is 0 Å². The van der Waals surface area contributed by atoms with Gasteiger partial charge in [0.1, 0.15) is 5.82 Å². The minimum atomic E-state index is -4.69. The third kappa shape index (κ3) is 4.33. The van der Waals surface area contributed by atoms with Crippen molar-refractivity contribution in [2.24, 2.45) is 11.6 Å².